The van der Waals surface area contributed by atoms with Crippen LogP contribution in [0.15, 0.2) is 77.7 Å². The molecule has 10 heteroatoms. The Morgan fingerprint density at radius 3 is 2.42 bits per heavy atom. The molecule has 224 valence electrons. The minimum absolute atomic E-state index is 0.0135. The Hall–Kier alpha value is -4.70. The summed E-state index contributed by atoms with van der Waals surface area (Å²) in [6, 6.07) is 21.0. The summed E-state index contributed by atoms with van der Waals surface area (Å²) >= 11 is 0. The van der Waals surface area contributed by atoms with Crippen molar-refractivity contribution >= 4 is 17.8 Å². The van der Waals surface area contributed by atoms with Gasteiger partial charge in [-0.15, -0.1) is 0 Å². The number of rotatable bonds is 9. The average Bonchev–Trinajstić information content (AvgIpc) is 3.58. The van der Waals surface area contributed by atoms with Crippen molar-refractivity contribution in [3.05, 3.63) is 100.0 Å². The Balaban J connectivity index is 1.48. The first-order valence-corrected chi connectivity index (χ1v) is 14.5. The number of para-hydroxylation sites is 1. The number of nitrogens with one attached hydrogen (secondary N) is 3. The second-order valence-electron chi connectivity index (χ2n) is 11.0. The summed E-state index contributed by atoms with van der Waals surface area (Å²) < 4.78 is 8.38. The molecule has 0 aliphatic heterocycles. The van der Waals surface area contributed by atoms with Crippen LogP contribution < -0.4 is 21.5 Å². The van der Waals surface area contributed by atoms with Crippen molar-refractivity contribution in [1.29, 1.82) is 0 Å². The number of carbonyl (C=O) groups excluding carboxylic acids is 2. The monoisotopic (exact) mass is 582 g/mol. The van der Waals surface area contributed by atoms with Gasteiger partial charge >= 0.3 is 6.03 Å². The first-order valence-electron chi connectivity index (χ1n) is 14.5. The van der Waals surface area contributed by atoms with Gasteiger partial charge < -0.3 is 19.9 Å². The summed E-state index contributed by atoms with van der Waals surface area (Å²) in [5, 5.41) is 13.7. The van der Waals surface area contributed by atoms with Crippen LogP contribution in [0.5, 0.6) is 0 Å². The van der Waals surface area contributed by atoms with Crippen molar-refractivity contribution in [3.63, 3.8) is 0 Å². The Bertz CT molecular complexity index is 1650. The van der Waals surface area contributed by atoms with E-state index >= 15 is 0 Å². The highest BCUT2D eigenvalue weighted by molar-refractivity contribution is 5.95. The lowest BCUT2D eigenvalue weighted by Crippen LogP contribution is -2.40. The molecule has 43 heavy (non-hydrogen) atoms. The highest BCUT2D eigenvalue weighted by Crippen LogP contribution is 2.40. The molecule has 1 saturated carbocycles. The van der Waals surface area contributed by atoms with Crippen LogP contribution in [0, 0.1) is 12.8 Å². The molecule has 3 N–H and O–H groups in total. The molecule has 3 atom stereocenters. The molecule has 3 amide bonds. The molecule has 0 unspecified atom stereocenters. The number of nitrogens with zero attached hydrogens (tertiary/aromatic N) is 3. The van der Waals surface area contributed by atoms with E-state index < -0.39 is 11.5 Å². The number of hydrogen-bond acceptors (Lipinski definition) is 5. The van der Waals surface area contributed by atoms with Gasteiger partial charge in [0, 0.05) is 57.1 Å². The molecule has 1 aliphatic carbocycles. The van der Waals surface area contributed by atoms with E-state index in [1.54, 1.807) is 31.1 Å². The number of pyridine rings is 1. The second kappa shape index (κ2) is 13.1. The molecule has 1 aliphatic rings. The maximum Gasteiger partial charge on any atom is 0.320 e. The molecular formula is C33H38N6O4. The topological polar surface area (TPSA) is 119 Å². The van der Waals surface area contributed by atoms with Gasteiger partial charge in [0.1, 0.15) is 11.4 Å². The number of urea groups is 1. The van der Waals surface area contributed by atoms with Crippen molar-refractivity contribution < 1.29 is 14.3 Å². The van der Waals surface area contributed by atoms with Gasteiger partial charge in [0.15, 0.2) is 0 Å². The maximum absolute atomic E-state index is 13.6. The molecule has 10 nitrogen and oxygen atoms in total. The Morgan fingerprint density at radius 1 is 1.05 bits per heavy atom. The van der Waals surface area contributed by atoms with Gasteiger partial charge in [-0.1, -0.05) is 48.5 Å². The molecular weight excluding hydrogens is 544 g/mol. The van der Waals surface area contributed by atoms with Crippen molar-refractivity contribution in [2.45, 2.75) is 38.1 Å². The SMILES string of the molecule is CNC(=O)c1cc(-c2nn(-c3ccccc3)c(NC(=O)N[C@@H]3C[C@@H](CCOC)C[C@H]3c3ccccc3)c2C)cn(C)c1=O. The molecule has 1 fully saturated rings. The Labute approximate surface area is 251 Å². The summed E-state index contributed by atoms with van der Waals surface area (Å²) in [7, 11) is 4.80. The summed E-state index contributed by atoms with van der Waals surface area (Å²) in [5.74, 6) is 0.656. The quantitative estimate of drug-likeness (QED) is 0.266. The van der Waals surface area contributed by atoms with E-state index in [9.17, 15) is 14.4 Å². The normalized spacial score (nSPS) is 17.9. The van der Waals surface area contributed by atoms with Crippen molar-refractivity contribution in [2.24, 2.45) is 13.0 Å². The minimum Gasteiger partial charge on any atom is -0.385 e. The molecule has 0 radical (unpaired) electrons. The molecule has 2 aromatic carbocycles. The van der Waals surface area contributed by atoms with Gasteiger partial charge in [-0.2, -0.15) is 5.10 Å². The van der Waals surface area contributed by atoms with E-state index in [2.05, 4.69) is 28.1 Å². The Kier molecular flexibility index (Phi) is 9.06. The highest BCUT2D eigenvalue weighted by atomic mass is 16.5. The van der Waals surface area contributed by atoms with Crippen LogP contribution in [0.1, 0.15) is 46.7 Å². The number of hydrogen-bond donors (Lipinski definition) is 3. The van der Waals surface area contributed by atoms with Crippen LogP contribution in [-0.4, -0.2) is 53.1 Å². The van der Waals surface area contributed by atoms with Crippen molar-refractivity contribution in [2.75, 3.05) is 26.1 Å². The molecule has 0 bridgehead atoms. The van der Waals surface area contributed by atoms with Gasteiger partial charge in [-0.3, -0.25) is 14.9 Å². The van der Waals surface area contributed by atoms with Gasteiger partial charge in [0.2, 0.25) is 0 Å². The zero-order valence-electron chi connectivity index (χ0n) is 25.0. The first kappa shape index (κ1) is 29.8. The van der Waals surface area contributed by atoms with Crippen LogP contribution in [0.3, 0.4) is 0 Å². The molecule has 5 rings (SSSR count). The van der Waals surface area contributed by atoms with Crippen molar-refractivity contribution in [1.82, 2.24) is 25.0 Å². The third kappa shape index (κ3) is 6.39. The molecule has 2 aromatic heterocycles. The third-order valence-electron chi connectivity index (χ3n) is 8.22. The molecule has 2 heterocycles. The lowest BCUT2D eigenvalue weighted by molar-refractivity contribution is 0.0961. The third-order valence-corrected chi connectivity index (χ3v) is 8.22. The molecule has 0 spiro atoms. The van der Waals surface area contributed by atoms with Crippen LogP contribution in [0.25, 0.3) is 16.9 Å². The van der Waals surface area contributed by atoms with E-state index in [0.29, 0.717) is 35.2 Å². The summed E-state index contributed by atoms with van der Waals surface area (Å²) in [6.07, 6.45) is 4.43. The van der Waals surface area contributed by atoms with E-state index in [1.165, 1.54) is 17.2 Å². The average molecular weight is 583 g/mol. The van der Waals surface area contributed by atoms with Gasteiger partial charge in [-0.25, -0.2) is 9.48 Å². The largest absolute Gasteiger partial charge is 0.385 e. The maximum atomic E-state index is 13.6. The van der Waals surface area contributed by atoms with Gasteiger partial charge in [0.05, 0.1) is 11.4 Å². The van der Waals surface area contributed by atoms with Crippen LogP contribution >= 0.6 is 0 Å². The summed E-state index contributed by atoms with van der Waals surface area (Å²) in [6.45, 7) is 2.56. The van der Waals surface area contributed by atoms with Gasteiger partial charge in [0.25, 0.3) is 11.5 Å². The van der Waals surface area contributed by atoms with E-state index in [0.717, 1.165) is 24.9 Å². The predicted molar refractivity (Wildman–Crippen MR) is 167 cm³/mol. The number of amides is 3. The Morgan fingerprint density at radius 2 is 1.74 bits per heavy atom. The fourth-order valence-corrected chi connectivity index (χ4v) is 6.01. The smallest absolute Gasteiger partial charge is 0.320 e. The summed E-state index contributed by atoms with van der Waals surface area (Å²) in [4.78, 5) is 38.7. The first-order chi connectivity index (χ1) is 20.8. The fourth-order valence-electron chi connectivity index (χ4n) is 6.01. The van der Waals surface area contributed by atoms with E-state index in [-0.39, 0.29) is 23.6 Å². The number of methoxy groups -OCH3 is 1. The lowest BCUT2D eigenvalue weighted by Gasteiger charge is -2.22. The predicted octanol–water partition coefficient (Wildman–Crippen LogP) is 4.63. The van der Waals surface area contributed by atoms with E-state index in [1.807, 2.05) is 55.5 Å². The number of aromatic nitrogens is 3. The van der Waals surface area contributed by atoms with Crippen molar-refractivity contribution in [3.8, 4) is 16.9 Å². The fraction of sp³-hybridized carbons (Fsp3) is 0.333. The van der Waals surface area contributed by atoms with Crippen LogP contribution in [0.4, 0.5) is 10.6 Å². The number of benzene rings is 2. The number of carbonyl (C=O) groups is 2. The standard InChI is InChI=1S/C33H38N6O4/c1-21-29(24-19-27(31(40)34-2)32(41)38(3)20-24)37-39(25-13-9-6-10-14-25)30(21)36-33(42)35-28-18-22(15-16-43-4)17-26(28)23-11-7-5-8-12-23/h5-14,19-20,22,26,28H,15-18H2,1-4H3,(H,34,40)(H2,35,36,42)/t22-,26-,28+/m0/s1. The van der Waals surface area contributed by atoms with Crippen LogP contribution in [0.2, 0.25) is 0 Å². The van der Waals surface area contributed by atoms with Crippen LogP contribution in [-0.2, 0) is 11.8 Å². The zero-order valence-corrected chi connectivity index (χ0v) is 25.0. The highest BCUT2D eigenvalue weighted by Gasteiger charge is 2.36. The number of aryl methyl sites for hydroxylation is 1. The zero-order chi connectivity index (χ0) is 30.5. The minimum atomic E-state index is -0.478. The van der Waals surface area contributed by atoms with E-state index in [4.69, 9.17) is 9.84 Å². The van der Waals surface area contributed by atoms with Gasteiger partial charge in [-0.05, 0) is 55.9 Å². The molecule has 4 aromatic rings. The lowest BCUT2D eigenvalue weighted by atomic mass is 9.93. The second-order valence-corrected chi connectivity index (χ2v) is 11.0. The molecule has 0 saturated heterocycles. The number of anilines is 1. The number of ether oxygens (including phenoxy) is 1. The summed E-state index contributed by atoms with van der Waals surface area (Å²) in [5.41, 5.74) is 3.39.